The highest BCUT2D eigenvalue weighted by Crippen LogP contribution is 2.34. The number of hydrogen-bond acceptors (Lipinski definition) is 5. The number of hydrogen-bond donors (Lipinski definition) is 2. The van der Waals surface area contributed by atoms with Crippen LogP contribution in [0.5, 0.6) is 0 Å². The van der Waals surface area contributed by atoms with Gasteiger partial charge in [-0.3, -0.25) is 0 Å². The van der Waals surface area contributed by atoms with Crippen LogP contribution in [0.1, 0.15) is 17.2 Å². The van der Waals surface area contributed by atoms with Gasteiger partial charge in [0.15, 0.2) is 0 Å². The fourth-order valence-corrected chi connectivity index (χ4v) is 4.72. The Bertz CT molecular complexity index is 1490. The standard InChI is InChI=1S/C23H16Cl2FN5O2S/c24-16-5-1-14(2-6-16)20-13-21(15-3-9-18(26)10-4-15)31-23(27-20)28-22(29-31)30-34(32,33)19-11-7-17(25)8-12-19/h1-13,21H,(H2,27,28,29,30). The second-order valence-corrected chi connectivity index (χ2v) is 10.0. The summed E-state index contributed by atoms with van der Waals surface area (Å²) in [5.41, 5.74) is 2.31. The van der Waals surface area contributed by atoms with Crippen LogP contribution in [-0.2, 0) is 10.0 Å². The summed E-state index contributed by atoms with van der Waals surface area (Å²) in [4.78, 5) is 4.37. The van der Waals surface area contributed by atoms with Gasteiger partial charge in [-0.05, 0) is 65.7 Å². The van der Waals surface area contributed by atoms with E-state index in [4.69, 9.17) is 23.2 Å². The Hall–Kier alpha value is -3.40. The highest BCUT2D eigenvalue weighted by Gasteiger charge is 2.27. The Morgan fingerprint density at radius 2 is 1.53 bits per heavy atom. The minimum absolute atomic E-state index is 0.0210. The zero-order valence-corrected chi connectivity index (χ0v) is 19.6. The van der Waals surface area contributed by atoms with Crippen LogP contribution < -0.4 is 10.0 Å². The average Bonchev–Trinajstić information content (AvgIpc) is 3.21. The summed E-state index contributed by atoms with van der Waals surface area (Å²) >= 11 is 11.9. The summed E-state index contributed by atoms with van der Waals surface area (Å²) in [7, 11) is -3.94. The molecule has 0 aliphatic carbocycles. The lowest BCUT2D eigenvalue weighted by Crippen LogP contribution is -2.20. The normalized spacial score (nSPS) is 15.3. The predicted octanol–water partition coefficient (Wildman–Crippen LogP) is 5.58. The third-order valence-electron chi connectivity index (χ3n) is 5.18. The first kappa shape index (κ1) is 22.4. The fourth-order valence-electron chi connectivity index (χ4n) is 3.52. The largest absolute Gasteiger partial charge is 0.324 e. The van der Waals surface area contributed by atoms with Crippen molar-refractivity contribution in [3.8, 4) is 0 Å². The molecule has 5 rings (SSSR count). The van der Waals surface area contributed by atoms with Gasteiger partial charge < -0.3 is 5.32 Å². The molecule has 0 fully saturated rings. The van der Waals surface area contributed by atoms with Gasteiger partial charge in [0.1, 0.15) is 11.9 Å². The molecule has 2 heterocycles. The molecule has 1 aromatic heterocycles. The molecule has 4 aromatic rings. The molecule has 11 heteroatoms. The Kier molecular flexibility index (Phi) is 5.76. The molecule has 0 spiro atoms. The molecule has 3 aromatic carbocycles. The zero-order valence-electron chi connectivity index (χ0n) is 17.3. The Morgan fingerprint density at radius 1 is 0.912 bits per heavy atom. The van der Waals surface area contributed by atoms with Crippen LogP contribution in [0.3, 0.4) is 0 Å². The van der Waals surface area contributed by atoms with E-state index < -0.39 is 16.1 Å². The molecule has 0 saturated heterocycles. The summed E-state index contributed by atoms with van der Waals surface area (Å²) < 4.78 is 43.1. The van der Waals surface area contributed by atoms with Crippen LogP contribution in [0.2, 0.25) is 10.0 Å². The minimum atomic E-state index is -3.94. The maximum Gasteiger partial charge on any atom is 0.264 e. The number of allylic oxidation sites excluding steroid dienone is 1. The third kappa shape index (κ3) is 4.50. The predicted molar refractivity (Wildman–Crippen MR) is 130 cm³/mol. The van der Waals surface area contributed by atoms with Gasteiger partial charge in [0, 0.05) is 15.7 Å². The lowest BCUT2D eigenvalue weighted by Gasteiger charge is -2.24. The van der Waals surface area contributed by atoms with Crippen molar-refractivity contribution < 1.29 is 12.8 Å². The number of sulfonamides is 1. The van der Waals surface area contributed by atoms with Gasteiger partial charge in [-0.2, -0.15) is 4.98 Å². The van der Waals surface area contributed by atoms with Crippen LogP contribution in [0, 0.1) is 5.82 Å². The maximum absolute atomic E-state index is 13.5. The number of aromatic nitrogens is 3. The molecule has 2 N–H and O–H groups in total. The highest BCUT2D eigenvalue weighted by molar-refractivity contribution is 7.92. The molecule has 1 unspecified atom stereocenters. The number of halogens is 3. The SMILES string of the molecule is O=S(=O)(Nc1nc2n(n1)C(c1ccc(F)cc1)C=C(c1ccc(Cl)cc1)N2)c1ccc(Cl)cc1. The number of benzene rings is 3. The molecule has 7 nitrogen and oxygen atoms in total. The van der Waals surface area contributed by atoms with Crippen molar-refractivity contribution >= 4 is 50.8 Å². The van der Waals surface area contributed by atoms with E-state index in [0.717, 1.165) is 16.8 Å². The molecule has 0 amide bonds. The van der Waals surface area contributed by atoms with Gasteiger partial charge in [0.05, 0.1) is 4.90 Å². The summed E-state index contributed by atoms with van der Waals surface area (Å²) in [6, 6.07) is 18.5. The van der Waals surface area contributed by atoms with Crippen LogP contribution in [0.4, 0.5) is 16.3 Å². The number of anilines is 2. The number of nitrogens with one attached hydrogen (secondary N) is 2. The first-order valence-corrected chi connectivity index (χ1v) is 12.3. The third-order valence-corrected chi connectivity index (χ3v) is 7.03. The van der Waals surface area contributed by atoms with E-state index >= 15 is 0 Å². The van der Waals surface area contributed by atoms with Crippen molar-refractivity contribution in [2.45, 2.75) is 10.9 Å². The molecule has 1 aliphatic heterocycles. The van der Waals surface area contributed by atoms with Crippen molar-refractivity contribution in [1.29, 1.82) is 0 Å². The molecule has 1 aliphatic rings. The molecule has 0 saturated carbocycles. The van der Waals surface area contributed by atoms with Crippen LogP contribution in [0.15, 0.2) is 83.8 Å². The van der Waals surface area contributed by atoms with Crippen molar-refractivity contribution in [3.05, 3.63) is 106 Å². The average molecular weight is 516 g/mol. The van der Waals surface area contributed by atoms with Gasteiger partial charge in [-0.1, -0.05) is 47.5 Å². The van der Waals surface area contributed by atoms with Crippen LogP contribution in [-0.4, -0.2) is 23.2 Å². The van der Waals surface area contributed by atoms with E-state index in [1.54, 1.807) is 24.3 Å². The summed E-state index contributed by atoms with van der Waals surface area (Å²) in [6.45, 7) is 0. The van der Waals surface area contributed by atoms with E-state index in [1.807, 2.05) is 18.2 Å². The van der Waals surface area contributed by atoms with E-state index in [1.165, 1.54) is 41.1 Å². The number of fused-ring (bicyclic) bond motifs is 1. The highest BCUT2D eigenvalue weighted by atomic mass is 35.5. The van der Waals surface area contributed by atoms with Crippen molar-refractivity contribution in [1.82, 2.24) is 14.8 Å². The minimum Gasteiger partial charge on any atom is -0.324 e. The Morgan fingerprint density at radius 3 is 2.18 bits per heavy atom. The summed E-state index contributed by atoms with van der Waals surface area (Å²) in [5.74, 6) is -0.166. The maximum atomic E-state index is 13.5. The van der Waals surface area contributed by atoms with Gasteiger partial charge >= 0.3 is 0 Å². The molecule has 0 radical (unpaired) electrons. The van der Waals surface area contributed by atoms with E-state index in [9.17, 15) is 12.8 Å². The molecular weight excluding hydrogens is 500 g/mol. The lowest BCUT2D eigenvalue weighted by atomic mass is 10.0. The first-order chi connectivity index (χ1) is 16.3. The number of nitrogens with zero attached hydrogens (tertiary/aromatic N) is 3. The molecule has 34 heavy (non-hydrogen) atoms. The fraction of sp³-hybridized carbons (Fsp3) is 0.0435. The molecule has 172 valence electrons. The quantitative estimate of drug-likeness (QED) is 0.362. The van der Waals surface area contributed by atoms with Crippen LogP contribution >= 0.6 is 23.2 Å². The summed E-state index contributed by atoms with van der Waals surface area (Å²) in [6.07, 6.45) is 1.90. The second kappa shape index (κ2) is 8.75. The van der Waals surface area contributed by atoms with Crippen molar-refractivity contribution in [3.63, 3.8) is 0 Å². The van der Waals surface area contributed by atoms with E-state index in [2.05, 4.69) is 20.1 Å². The first-order valence-electron chi connectivity index (χ1n) is 10.0. The second-order valence-electron chi connectivity index (χ2n) is 7.47. The smallest absolute Gasteiger partial charge is 0.264 e. The molecule has 0 bridgehead atoms. The van der Waals surface area contributed by atoms with Gasteiger partial charge in [-0.25, -0.2) is 22.2 Å². The lowest BCUT2D eigenvalue weighted by molar-refractivity contribution is 0.597. The Balaban J connectivity index is 1.53. The van der Waals surface area contributed by atoms with Gasteiger partial charge in [0.2, 0.25) is 5.95 Å². The molecule has 1 atom stereocenters. The van der Waals surface area contributed by atoms with Crippen molar-refractivity contribution in [2.75, 3.05) is 10.0 Å². The van der Waals surface area contributed by atoms with Gasteiger partial charge in [0.25, 0.3) is 16.0 Å². The topological polar surface area (TPSA) is 88.9 Å². The monoisotopic (exact) mass is 515 g/mol. The van der Waals surface area contributed by atoms with Crippen molar-refractivity contribution in [2.24, 2.45) is 0 Å². The molecular formula is C23H16Cl2FN5O2S. The van der Waals surface area contributed by atoms with Gasteiger partial charge in [-0.15, -0.1) is 5.10 Å². The zero-order chi connectivity index (χ0) is 23.9. The Labute approximate surface area is 204 Å². The van der Waals surface area contributed by atoms with E-state index in [0.29, 0.717) is 16.0 Å². The summed E-state index contributed by atoms with van der Waals surface area (Å²) in [5, 5.41) is 8.56. The number of rotatable bonds is 5. The van der Waals surface area contributed by atoms with E-state index in [-0.39, 0.29) is 16.7 Å². The van der Waals surface area contributed by atoms with Crippen LogP contribution in [0.25, 0.3) is 5.70 Å².